The summed E-state index contributed by atoms with van der Waals surface area (Å²) in [7, 11) is 0. The molecule has 0 spiro atoms. The number of hydrogen-bond donors (Lipinski definition) is 1. The molecule has 1 N–H and O–H groups in total. The van der Waals surface area contributed by atoms with Gasteiger partial charge in [0.15, 0.2) is 4.34 Å². The third kappa shape index (κ3) is 7.15. The van der Waals surface area contributed by atoms with Crippen molar-refractivity contribution in [1.29, 1.82) is 0 Å². The van der Waals surface area contributed by atoms with Crippen LogP contribution in [0.2, 0.25) is 5.02 Å². The van der Waals surface area contributed by atoms with Crippen LogP contribution in [-0.4, -0.2) is 25.0 Å². The highest BCUT2D eigenvalue weighted by Crippen LogP contribution is 2.36. The maximum atomic E-state index is 9.74. The normalized spacial score (nSPS) is 11.3. The molecule has 0 saturated heterocycles. The highest BCUT2D eigenvalue weighted by Gasteiger charge is 2.15. The Morgan fingerprint density at radius 1 is 0.886 bits per heavy atom. The van der Waals surface area contributed by atoms with E-state index < -0.39 is 0 Å². The van der Waals surface area contributed by atoms with Gasteiger partial charge in [-0.05, 0) is 61.1 Å². The fourth-order valence-electron chi connectivity index (χ4n) is 5.02. The van der Waals surface area contributed by atoms with Crippen molar-refractivity contribution in [1.82, 2.24) is 19.9 Å². The number of phenolic OH excluding ortho intramolecular Hbond substituents is 1. The first-order chi connectivity index (χ1) is 21.1. The lowest BCUT2D eigenvalue weighted by Crippen LogP contribution is -2.02. The lowest BCUT2D eigenvalue weighted by Gasteiger charge is -2.15. The van der Waals surface area contributed by atoms with Gasteiger partial charge in [-0.25, -0.2) is 15.0 Å². The molecule has 6 nitrogen and oxygen atoms in total. The topological polar surface area (TPSA) is 81.0 Å². The molecule has 0 atom stereocenters. The van der Waals surface area contributed by atoms with Gasteiger partial charge in [-0.3, -0.25) is 4.98 Å². The molecule has 9 heteroatoms. The van der Waals surface area contributed by atoms with Gasteiger partial charge in [-0.15, -0.1) is 11.3 Å². The first-order valence-corrected chi connectivity index (χ1v) is 16.5. The molecule has 226 valence electrons. The highest BCUT2D eigenvalue weighted by atomic mass is 35.5. The van der Waals surface area contributed by atoms with E-state index in [0.29, 0.717) is 29.0 Å². The van der Waals surface area contributed by atoms with Crippen molar-refractivity contribution in [3.8, 4) is 11.5 Å². The van der Waals surface area contributed by atoms with Crippen molar-refractivity contribution in [2.75, 3.05) is 0 Å². The number of phenols is 1. The van der Waals surface area contributed by atoms with Crippen LogP contribution >= 0.6 is 34.7 Å². The summed E-state index contributed by atoms with van der Waals surface area (Å²) in [5.74, 6) is 1.87. The van der Waals surface area contributed by atoms with E-state index >= 15 is 0 Å². The minimum atomic E-state index is 0.262. The predicted molar refractivity (Wildman–Crippen MR) is 183 cm³/mol. The van der Waals surface area contributed by atoms with E-state index in [0.717, 1.165) is 48.2 Å². The van der Waals surface area contributed by atoms with E-state index in [4.69, 9.17) is 21.3 Å². The van der Waals surface area contributed by atoms with Crippen molar-refractivity contribution < 1.29 is 9.84 Å². The van der Waals surface area contributed by atoms with Gasteiger partial charge in [0.2, 0.25) is 0 Å². The second kappa shape index (κ2) is 13.9. The average molecular weight is 643 g/mol. The molecule has 0 aliphatic heterocycles. The third-order valence-electron chi connectivity index (χ3n) is 7.13. The molecule has 0 fully saturated rings. The van der Waals surface area contributed by atoms with Gasteiger partial charge in [0.05, 0.1) is 5.02 Å². The smallest absolute Gasteiger partial charge is 0.154 e. The minimum absolute atomic E-state index is 0.262. The fourth-order valence-corrected chi connectivity index (χ4v) is 6.99. The molecule has 0 unspecified atom stereocenters. The molecule has 0 amide bonds. The maximum Gasteiger partial charge on any atom is 0.154 e. The second-order valence-electron chi connectivity index (χ2n) is 11.1. The maximum absolute atomic E-state index is 9.74. The van der Waals surface area contributed by atoms with Crippen LogP contribution in [0.1, 0.15) is 67.6 Å². The number of thiazole rings is 1. The number of halogens is 1. The molecule has 0 radical (unpaired) electrons. The SMILES string of the molecule is Cc1cc(C(C)C)c2cccc(O)c2n1.Cc1cc(C(C)C)c2cccc(OCc3c(Cl)cncc3Sc3nccs3)c2n1. The van der Waals surface area contributed by atoms with Crippen LogP contribution in [0.25, 0.3) is 21.8 Å². The number of para-hydroxylation sites is 2. The summed E-state index contributed by atoms with van der Waals surface area (Å²) >= 11 is 9.59. The number of aryl methyl sites for hydroxylation is 2. The Bertz CT molecular complexity index is 1910. The Balaban J connectivity index is 0.000000215. The van der Waals surface area contributed by atoms with Crippen molar-refractivity contribution in [2.24, 2.45) is 0 Å². The number of benzene rings is 2. The van der Waals surface area contributed by atoms with E-state index in [1.165, 1.54) is 11.1 Å². The van der Waals surface area contributed by atoms with Crippen molar-refractivity contribution in [2.45, 2.75) is 69.2 Å². The molecular formula is C35H35ClN4O2S2. The zero-order valence-corrected chi connectivity index (χ0v) is 28.0. The molecule has 0 saturated carbocycles. The van der Waals surface area contributed by atoms with Crippen LogP contribution in [0, 0.1) is 13.8 Å². The van der Waals surface area contributed by atoms with Gasteiger partial charge in [0.1, 0.15) is 29.1 Å². The van der Waals surface area contributed by atoms with Gasteiger partial charge < -0.3 is 9.84 Å². The van der Waals surface area contributed by atoms with Crippen LogP contribution in [0.5, 0.6) is 11.5 Å². The molecule has 4 aromatic heterocycles. The molecule has 0 aliphatic rings. The highest BCUT2D eigenvalue weighted by molar-refractivity contribution is 8.01. The minimum Gasteiger partial charge on any atom is -0.506 e. The number of rotatable bonds is 7. The lowest BCUT2D eigenvalue weighted by atomic mass is 9.98. The van der Waals surface area contributed by atoms with Gasteiger partial charge in [0, 0.05) is 56.6 Å². The Morgan fingerprint density at radius 3 is 2.16 bits per heavy atom. The van der Waals surface area contributed by atoms with Crippen LogP contribution in [0.15, 0.2) is 81.7 Å². The first-order valence-electron chi connectivity index (χ1n) is 14.4. The van der Waals surface area contributed by atoms with Gasteiger partial charge in [0.25, 0.3) is 0 Å². The van der Waals surface area contributed by atoms with E-state index in [-0.39, 0.29) is 5.75 Å². The molecule has 0 aliphatic carbocycles. The second-order valence-corrected chi connectivity index (χ2v) is 13.7. The summed E-state index contributed by atoms with van der Waals surface area (Å²) in [5, 5.41) is 14.5. The molecule has 2 aromatic carbocycles. The van der Waals surface area contributed by atoms with Crippen LogP contribution < -0.4 is 4.74 Å². The van der Waals surface area contributed by atoms with E-state index in [2.05, 4.69) is 60.8 Å². The number of pyridine rings is 3. The van der Waals surface area contributed by atoms with Gasteiger partial charge in [-0.1, -0.05) is 75.3 Å². The zero-order chi connectivity index (χ0) is 31.4. The summed E-state index contributed by atoms with van der Waals surface area (Å²) < 4.78 is 7.17. The quantitative estimate of drug-likeness (QED) is 0.185. The van der Waals surface area contributed by atoms with Crippen molar-refractivity contribution in [3.63, 3.8) is 0 Å². The van der Waals surface area contributed by atoms with Crippen LogP contribution in [-0.2, 0) is 6.61 Å². The number of hydrogen-bond acceptors (Lipinski definition) is 8. The Kier molecular flexibility index (Phi) is 10.0. The fraction of sp³-hybridized carbons (Fsp3) is 0.257. The molecule has 6 aromatic rings. The van der Waals surface area contributed by atoms with E-state index in [1.54, 1.807) is 47.8 Å². The average Bonchev–Trinajstić information content (AvgIpc) is 3.50. The molecular weight excluding hydrogens is 608 g/mol. The Morgan fingerprint density at radius 2 is 1.52 bits per heavy atom. The van der Waals surface area contributed by atoms with E-state index in [9.17, 15) is 5.11 Å². The number of ether oxygens (including phenoxy) is 1. The summed E-state index contributed by atoms with van der Waals surface area (Å²) in [6.07, 6.45) is 5.24. The van der Waals surface area contributed by atoms with Crippen molar-refractivity contribution >= 4 is 56.5 Å². The Labute approximate surface area is 271 Å². The van der Waals surface area contributed by atoms with Crippen LogP contribution in [0.4, 0.5) is 0 Å². The summed E-state index contributed by atoms with van der Waals surface area (Å²) in [6, 6.07) is 15.9. The van der Waals surface area contributed by atoms with Crippen molar-refractivity contribution in [3.05, 3.63) is 106 Å². The third-order valence-corrected chi connectivity index (χ3v) is 9.41. The first kappa shape index (κ1) is 31.7. The summed E-state index contributed by atoms with van der Waals surface area (Å²) in [4.78, 5) is 18.6. The Hall–Kier alpha value is -3.72. The molecule has 4 heterocycles. The zero-order valence-electron chi connectivity index (χ0n) is 25.6. The number of aromatic hydroxyl groups is 1. The summed E-state index contributed by atoms with van der Waals surface area (Å²) in [6.45, 7) is 13.0. The van der Waals surface area contributed by atoms with Crippen LogP contribution in [0.3, 0.4) is 0 Å². The number of nitrogens with zero attached hydrogens (tertiary/aromatic N) is 4. The number of fused-ring (bicyclic) bond motifs is 2. The number of aromatic nitrogens is 4. The largest absolute Gasteiger partial charge is 0.506 e. The van der Waals surface area contributed by atoms with Gasteiger partial charge in [-0.2, -0.15) is 0 Å². The monoisotopic (exact) mass is 642 g/mol. The molecule has 6 rings (SSSR count). The standard InChI is InChI=1S/C22H20ClN3OS2.C13H15NO/c1-13(2)16-9-14(3)26-21-15(16)5-4-6-19(21)27-12-17-18(23)10-24-11-20(17)29-22-25-7-8-28-22;1-8(2)11-7-9(3)14-13-10(11)5-4-6-12(13)15/h4-11,13H,12H2,1-3H3;4-8,15H,1-3H3. The van der Waals surface area contributed by atoms with Gasteiger partial charge >= 0.3 is 0 Å². The lowest BCUT2D eigenvalue weighted by molar-refractivity contribution is 0.306. The van der Waals surface area contributed by atoms with E-state index in [1.807, 2.05) is 43.5 Å². The molecule has 44 heavy (non-hydrogen) atoms. The summed E-state index contributed by atoms with van der Waals surface area (Å²) in [5.41, 5.74) is 6.95. The molecule has 0 bridgehead atoms. The predicted octanol–water partition coefficient (Wildman–Crippen LogP) is 10.3.